The van der Waals surface area contributed by atoms with Crippen LogP contribution in [0.4, 0.5) is 5.69 Å². The van der Waals surface area contributed by atoms with E-state index in [0.29, 0.717) is 5.75 Å². The molecular formula is C12H20NO+. The van der Waals surface area contributed by atoms with Crippen LogP contribution in [0.1, 0.15) is 20.8 Å². The molecule has 1 aromatic carbocycles. The third-order valence-electron chi connectivity index (χ3n) is 3.21. The van der Waals surface area contributed by atoms with Crippen molar-refractivity contribution in [3.8, 4) is 5.75 Å². The zero-order valence-electron chi connectivity index (χ0n) is 9.33. The van der Waals surface area contributed by atoms with Crippen LogP contribution in [-0.4, -0.2) is 24.7 Å². The molecule has 78 valence electrons. The van der Waals surface area contributed by atoms with Crippen molar-refractivity contribution in [1.29, 1.82) is 0 Å². The fourth-order valence-corrected chi connectivity index (χ4v) is 2.05. The number of quaternary nitrogens is 1. The molecule has 2 nitrogen and oxygen atoms in total. The van der Waals surface area contributed by atoms with Crippen molar-refractivity contribution in [2.75, 3.05) is 19.6 Å². The highest BCUT2D eigenvalue weighted by Crippen LogP contribution is 2.31. The summed E-state index contributed by atoms with van der Waals surface area (Å²) >= 11 is 0. The van der Waals surface area contributed by atoms with E-state index in [0.717, 1.165) is 29.8 Å². The number of rotatable bonds is 4. The maximum atomic E-state index is 9.82. The molecular weight excluding hydrogens is 174 g/mol. The highest BCUT2D eigenvalue weighted by atomic mass is 16.3. The molecule has 1 aromatic rings. The third-order valence-corrected chi connectivity index (χ3v) is 3.21. The summed E-state index contributed by atoms with van der Waals surface area (Å²) in [5, 5.41) is 9.82. The van der Waals surface area contributed by atoms with Crippen molar-refractivity contribution < 1.29 is 5.11 Å². The fraction of sp³-hybridized carbons (Fsp3) is 0.500. The van der Waals surface area contributed by atoms with Crippen molar-refractivity contribution in [2.24, 2.45) is 0 Å². The number of phenolic OH excluding ortho intramolecular Hbond substituents is 1. The summed E-state index contributed by atoms with van der Waals surface area (Å²) in [4.78, 5) is 0. The molecule has 0 aliphatic carbocycles. The maximum Gasteiger partial charge on any atom is 0.177 e. The van der Waals surface area contributed by atoms with Crippen molar-refractivity contribution in [1.82, 2.24) is 4.48 Å². The molecule has 1 rings (SSSR count). The first-order chi connectivity index (χ1) is 6.70. The molecule has 0 unspecified atom stereocenters. The Morgan fingerprint density at radius 1 is 1.00 bits per heavy atom. The Kier molecular flexibility index (Phi) is 3.53. The van der Waals surface area contributed by atoms with Gasteiger partial charge in [-0.15, -0.1) is 0 Å². The second kappa shape index (κ2) is 4.47. The molecule has 0 aromatic heterocycles. The summed E-state index contributed by atoms with van der Waals surface area (Å²) < 4.78 is 0.854. The van der Waals surface area contributed by atoms with Crippen LogP contribution in [0.2, 0.25) is 0 Å². The van der Waals surface area contributed by atoms with E-state index in [4.69, 9.17) is 0 Å². The van der Waals surface area contributed by atoms with Crippen LogP contribution < -0.4 is 4.48 Å². The van der Waals surface area contributed by atoms with E-state index in [2.05, 4.69) is 20.8 Å². The van der Waals surface area contributed by atoms with Crippen LogP contribution in [-0.2, 0) is 0 Å². The van der Waals surface area contributed by atoms with E-state index >= 15 is 0 Å². The van der Waals surface area contributed by atoms with E-state index in [1.54, 1.807) is 6.07 Å². The van der Waals surface area contributed by atoms with Crippen LogP contribution in [0.5, 0.6) is 5.75 Å². The fourth-order valence-electron chi connectivity index (χ4n) is 2.05. The zero-order valence-corrected chi connectivity index (χ0v) is 9.33. The third kappa shape index (κ3) is 1.75. The Labute approximate surface area is 86.4 Å². The largest absolute Gasteiger partial charge is 0.503 e. The van der Waals surface area contributed by atoms with Gasteiger partial charge in [0.1, 0.15) is 0 Å². The summed E-state index contributed by atoms with van der Waals surface area (Å²) in [6, 6.07) is 7.65. The number of para-hydroxylation sites is 2. The number of benzene rings is 1. The molecule has 2 heteroatoms. The van der Waals surface area contributed by atoms with Crippen LogP contribution in [0.3, 0.4) is 0 Å². The van der Waals surface area contributed by atoms with Crippen LogP contribution >= 0.6 is 0 Å². The quantitative estimate of drug-likeness (QED) is 0.731. The number of aromatic hydroxyl groups is 1. The van der Waals surface area contributed by atoms with E-state index in [1.807, 2.05) is 18.2 Å². The van der Waals surface area contributed by atoms with Gasteiger partial charge in [0, 0.05) is 6.07 Å². The molecule has 0 saturated carbocycles. The lowest BCUT2D eigenvalue weighted by Gasteiger charge is -2.35. The molecule has 0 atom stereocenters. The molecule has 0 saturated heterocycles. The Hall–Kier alpha value is -1.02. The Balaban J connectivity index is 3.17. The van der Waals surface area contributed by atoms with Gasteiger partial charge in [-0.1, -0.05) is 12.1 Å². The van der Waals surface area contributed by atoms with Gasteiger partial charge in [0.05, 0.1) is 19.6 Å². The minimum absolute atomic E-state index is 0.415. The standard InChI is InChI=1S/C12H19NO/c1-4-13(5-2,6-3)11-9-7-8-10-12(11)14/h7-10H,4-6H2,1-3H3/p+1. The van der Waals surface area contributed by atoms with Gasteiger partial charge in [-0.2, -0.15) is 0 Å². The molecule has 0 heterocycles. The molecule has 0 aliphatic rings. The van der Waals surface area contributed by atoms with Gasteiger partial charge in [-0.25, -0.2) is 0 Å². The lowest BCUT2D eigenvalue weighted by Crippen LogP contribution is -2.48. The summed E-state index contributed by atoms with van der Waals surface area (Å²) in [6.07, 6.45) is 0. The molecule has 1 N–H and O–H groups in total. The predicted octanol–water partition coefficient (Wildman–Crippen LogP) is 2.76. The number of hydrogen-bond donors (Lipinski definition) is 1. The Bertz CT molecular complexity index is 284. The maximum absolute atomic E-state index is 9.82. The van der Waals surface area contributed by atoms with Gasteiger partial charge >= 0.3 is 0 Å². The SMILES string of the molecule is CC[N+](CC)(CC)c1ccccc1O. The summed E-state index contributed by atoms with van der Waals surface area (Å²) in [5.41, 5.74) is 1.04. The predicted molar refractivity (Wildman–Crippen MR) is 61.5 cm³/mol. The molecule has 0 fully saturated rings. The van der Waals surface area contributed by atoms with Gasteiger partial charge in [-0.05, 0) is 26.8 Å². The summed E-state index contributed by atoms with van der Waals surface area (Å²) in [7, 11) is 0. The van der Waals surface area contributed by atoms with E-state index in [-0.39, 0.29) is 0 Å². The smallest absolute Gasteiger partial charge is 0.177 e. The van der Waals surface area contributed by atoms with Crippen molar-refractivity contribution in [3.05, 3.63) is 24.3 Å². The minimum atomic E-state index is 0.415. The first-order valence-electron chi connectivity index (χ1n) is 5.34. The lowest BCUT2D eigenvalue weighted by molar-refractivity contribution is 0.304. The first kappa shape index (κ1) is 11.1. The molecule has 0 amide bonds. The van der Waals surface area contributed by atoms with Crippen molar-refractivity contribution >= 4 is 5.69 Å². The topological polar surface area (TPSA) is 20.2 Å². The first-order valence-corrected chi connectivity index (χ1v) is 5.34. The van der Waals surface area contributed by atoms with Crippen molar-refractivity contribution in [3.63, 3.8) is 0 Å². The lowest BCUT2D eigenvalue weighted by atomic mass is 10.2. The van der Waals surface area contributed by atoms with Gasteiger partial charge in [0.15, 0.2) is 11.4 Å². The summed E-state index contributed by atoms with van der Waals surface area (Å²) in [5.74, 6) is 0.415. The molecule has 0 bridgehead atoms. The Morgan fingerprint density at radius 3 is 1.93 bits per heavy atom. The Morgan fingerprint density at radius 2 is 1.50 bits per heavy atom. The van der Waals surface area contributed by atoms with Gasteiger partial charge < -0.3 is 5.11 Å². The van der Waals surface area contributed by atoms with Crippen LogP contribution in [0.25, 0.3) is 0 Å². The highest BCUT2D eigenvalue weighted by molar-refractivity contribution is 5.54. The normalized spacial score (nSPS) is 11.6. The highest BCUT2D eigenvalue weighted by Gasteiger charge is 2.26. The van der Waals surface area contributed by atoms with Gasteiger partial charge in [0.2, 0.25) is 0 Å². The minimum Gasteiger partial charge on any atom is -0.503 e. The average molecular weight is 194 g/mol. The van der Waals surface area contributed by atoms with Crippen LogP contribution in [0, 0.1) is 0 Å². The average Bonchev–Trinajstić information content (AvgIpc) is 2.24. The van der Waals surface area contributed by atoms with Gasteiger partial charge in [0.25, 0.3) is 0 Å². The zero-order chi connectivity index (χ0) is 10.6. The second-order valence-electron chi connectivity index (χ2n) is 3.58. The molecule has 0 aliphatic heterocycles. The molecule has 0 spiro atoms. The number of phenols is 1. The van der Waals surface area contributed by atoms with Crippen molar-refractivity contribution in [2.45, 2.75) is 20.8 Å². The monoisotopic (exact) mass is 194 g/mol. The van der Waals surface area contributed by atoms with Gasteiger partial charge in [-0.3, -0.25) is 4.48 Å². The molecule has 14 heavy (non-hydrogen) atoms. The number of hydrogen-bond acceptors (Lipinski definition) is 1. The van der Waals surface area contributed by atoms with Crippen LogP contribution in [0.15, 0.2) is 24.3 Å². The van der Waals surface area contributed by atoms with E-state index in [9.17, 15) is 5.11 Å². The van der Waals surface area contributed by atoms with E-state index in [1.165, 1.54) is 0 Å². The molecule has 0 radical (unpaired) electrons. The number of nitrogens with zero attached hydrogens (tertiary/aromatic N) is 1. The second-order valence-corrected chi connectivity index (χ2v) is 3.58. The summed E-state index contributed by atoms with van der Waals surface area (Å²) in [6.45, 7) is 9.55. The van der Waals surface area contributed by atoms with E-state index < -0.39 is 0 Å².